The van der Waals surface area contributed by atoms with Crippen LogP contribution >= 0.6 is 0 Å². The van der Waals surface area contributed by atoms with Crippen LogP contribution in [0.15, 0.2) is 24.3 Å². The largest absolute Gasteiger partial charge is 0.393 e. The number of aliphatic hydroxyl groups is 1. The predicted molar refractivity (Wildman–Crippen MR) is 83.9 cm³/mol. The van der Waals surface area contributed by atoms with Gasteiger partial charge in [-0.05, 0) is 44.4 Å². The molecular weight excluding hydrogens is 283 g/mol. The third-order valence-corrected chi connectivity index (χ3v) is 4.40. The minimum atomic E-state index is -0.266. The lowest BCUT2D eigenvalue weighted by Crippen LogP contribution is -2.44. The van der Waals surface area contributed by atoms with E-state index in [9.17, 15) is 14.3 Å². The number of rotatable bonds is 5. The molecule has 4 nitrogen and oxygen atoms in total. The zero-order valence-corrected chi connectivity index (χ0v) is 13.3. The van der Waals surface area contributed by atoms with Crippen molar-refractivity contribution >= 4 is 5.91 Å². The summed E-state index contributed by atoms with van der Waals surface area (Å²) in [4.78, 5) is 16.5. The number of carbonyl (C=O) groups is 1. The van der Waals surface area contributed by atoms with Crippen LogP contribution in [0.1, 0.15) is 38.3 Å². The Bertz CT molecular complexity index is 484. The Balaban J connectivity index is 1.97. The van der Waals surface area contributed by atoms with Gasteiger partial charge in [0.1, 0.15) is 5.82 Å². The minimum Gasteiger partial charge on any atom is -0.393 e. The highest BCUT2D eigenvalue weighted by Crippen LogP contribution is 2.21. The highest BCUT2D eigenvalue weighted by Gasteiger charge is 2.24. The van der Waals surface area contributed by atoms with Crippen LogP contribution in [0.5, 0.6) is 0 Å². The van der Waals surface area contributed by atoms with Gasteiger partial charge in [0.15, 0.2) is 0 Å². The van der Waals surface area contributed by atoms with E-state index < -0.39 is 0 Å². The summed E-state index contributed by atoms with van der Waals surface area (Å²) in [6.45, 7) is 6.44. The molecule has 1 fully saturated rings. The third-order valence-electron chi connectivity index (χ3n) is 4.40. The number of likely N-dealkylation sites (tertiary alicyclic amines) is 1. The van der Waals surface area contributed by atoms with Crippen LogP contribution in [0.2, 0.25) is 0 Å². The average molecular weight is 308 g/mol. The smallest absolute Gasteiger partial charge is 0.237 e. The molecule has 122 valence electrons. The Morgan fingerprint density at radius 2 is 1.95 bits per heavy atom. The topological polar surface area (TPSA) is 43.8 Å². The summed E-state index contributed by atoms with van der Waals surface area (Å²) in [6, 6.07) is 6.24. The molecule has 0 spiro atoms. The van der Waals surface area contributed by atoms with E-state index in [-0.39, 0.29) is 23.9 Å². The van der Waals surface area contributed by atoms with Gasteiger partial charge in [-0.15, -0.1) is 0 Å². The van der Waals surface area contributed by atoms with Gasteiger partial charge < -0.3 is 10.0 Å². The summed E-state index contributed by atoms with van der Waals surface area (Å²) in [6.07, 6.45) is 1.23. The van der Waals surface area contributed by atoms with Crippen LogP contribution < -0.4 is 0 Å². The average Bonchev–Trinajstić information content (AvgIpc) is 2.51. The zero-order valence-electron chi connectivity index (χ0n) is 13.3. The second kappa shape index (κ2) is 7.70. The first-order chi connectivity index (χ1) is 10.5. The van der Waals surface area contributed by atoms with Gasteiger partial charge in [0.25, 0.3) is 0 Å². The van der Waals surface area contributed by atoms with Crippen molar-refractivity contribution in [2.45, 2.75) is 38.8 Å². The van der Waals surface area contributed by atoms with Crippen LogP contribution in [0, 0.1) is 5.82 Å². The van der Waals surface area contributed by atoms with Gasteiger partial charge in [0.2, 0.25) is 5.91 Å². The molecule has 5 heteroatoms. The second-order valence-corrected chi connectivity index (χ2v) is 5.91. The summed E-state index contributed by atoms with van der Waals surface area (Å²) in [5.74, 6) is -0.187. The van der Waals surface area contributed by atoms with Crippen LogP contribution in [-0.2, 0) is 4.79 Å². The van der Waals surface area contributed by atoms with Crippen molar-refractivity contribution in [2.24, 2.45) is 0 Å². The van der Waals surface area contributed by atoms with Crippen LogP contribution in [0.25, 0.3) is 0 Å². The number of aliphatic hydroxyl groups excluding tert-OH is 1. The van der Waals surface area contributed by atoms with E-state index in [1.165, 1.54) is 12.1 Å². The molecule has 0 bridgehead atoms. The number of hydrogen-bond donors (Lipinski definition) is 1. The fourth-order valence-electron chi connectivity index (χ4n) is 2.95. The van der Waals surface area contributed by atoms with Gasteiger partial charge in [0, 0.05) is 19.6 Å². The molecule has 1 aliphatic rings. The summed E-state index contributed by atoms with van der Waals surface area (Å²) >= 11 is 0. The predicted octanol–water partition coefficient (Wildman–Crippen LogP) is 2.19. The molecule has 1 aromatic rings. The Morgan fingerprint density at radius 3 is 2.50 bits per heavy atom. The van der Waals surface area contributed by atoms with Crippen LogP contribution in [-0.4, -0.2) is 53.1 Å². The lowest BCUT2D eigenvalue weighted by atomic mass is 10.1. The summed E-state index contributed by atoms with van der Waals surface area (Å²) in [7, 11) is 0. The quantitative estimate of drug-likeness (QED) is 0.907. The molecule has 1 unspecified atom stereocenters. The minimum absolute atomic E-state index is 0.0755. The highest BCUT2D eigenvalue weighted by atomic mass is 19.1. The van der Waals surface area contributed by atoms with Crippen LogP contribution in [0.4, 0.5) is 4.39 Å². The zero-order chi connectivity index (χ0) is 16.1. The van der Waals surface area contributed by atoms with E-state index in [2.05, 4.69) is 4.90 Å². The molecule has 1 aliphatic heterocycles. The molecule has 1 N–H and O–H groups in total. The molecule has 1 atom stereocenters. The molecule has 0 aliphatic carbocycles. The van der Waals surface area contributed by atoms with E-state index in [1.807, 2.05) is 18.7 Å². The van der Waals surface area contributed by atoms with Crippen molar-refractivity contribution in [2.75, 3.05) is 26.2 Å². The second-order valence-electron chi connectivity index (χ2n) is 5.91. The first-order valence-corrected chi connectivity index (χ1v) is 7.96. The molecule has 1 saturated heterocycles. The lowest BCUT2D eigenvalue weighted by molar-refractivity contribution is -0.135. The maximum Gasteiger partial charge on any atom is 0.237 e. The Morgan fingerprint density at radius 1 is 1.36 bits per heavy atom. The van der Waals surface area contributed by atoms with Crippen molar-refractivity contribution in [3.05, 3.63) is 35.6 Å². The SMILES string of the molecule is CCN(C(=O)CN1CCC(O)CC1)C(C)c1ccc(F)cc1. The molecule has 0 radical (unpaired) electrons. The molecule has 1 aromatic carbocycles. The summed E-state index contributed by atoms with van der Waals surface area (Å²) < 4.78 is 13.0. The first-order valence-electron chi connectivity index (χ1n) is 7.96. The van der Waals surface area contributed by atoms with E-state index >= 15 is 0 Å². The number of nitrogens with zero attached hydrogens (tertiary/aromatic N) is 2. The van der Waals surface area contributed by atoms with Gasteiger partial charge in [-0.2, -0.15) is 0 Å². The van der Waals surface area contributed by atoms with Crippen molar-refractivity contribution in [1.82, 2.24) is 9.80 Å². The summed E-state index contributed by atoms with van der Waals surface area (Å²) in [5, 5.41) is 9.52. The van der Waals surface area contributed by atoms with E-state index in [0.717, 1.165) is 31.5 Å². The van der Waals surface area contributed by atoms with Crippen molar-refractivity contribution < 1.29 is 14.3 Å². The number of piperidine rings is 1. The molecule has 1 heterocycles. The number of likely N-dealkylation sites (N-methyl/N-ethyl adjacent to an activating group) is 1. The lowest BCUT2D eigenvalue weighted by Gasteiger charge is -2.33. The summed E-state index contributed by atoms with van der Waals surface area (Å²) in [5.41, 5.74) is 0.936. The Labute approximate surface area is 131 Å². The van der Waals surface area contributed by atoms with Crippen molar-refractivity contribution in [1.29, 1.82) is 0 Å². The van der Waals surface area contributed by atoms with Crippen molar-refractivity contribution in [3.63, 3.8) is 0 Å². The molecule has 2 rings (SSSR count). The molecule has 0 aromatic heterocycles. The van der Waals surface area contributed by atoms with Gasteiger partial charge in [-0.1, -0.05) is 12.1 Å². The maximum atomic E-state index is 13.0. The van der Waals surface area contributed by atoms with E-state index in [0.29, 0.717) is 13.1 Å². The Kier molecular flexibility index (Phi) is 5.91. The Hall–Kier alpha value is -1.46. The third kappa shape index (κ3) is 4.27. The number of amides is 1. The van der Waals surface area contributed by atoms with Gasteiger partial charge >= 0.3 is 0 Å². The molecule has 0 saturated carbocycles. The number of halogens is 1. The molecular formula is C17H25FN2O2. The van der Waals surface area contributed by atoms with Crippen molar-refractivity contribution in [3.8, 4) is 0 Å². The van der Waals surface area contributed by atoms with Crippen LogP contribution in [0.3, 0.4) is 0 Å². The fraction of sp³-hybridized carbons (Fsp3) is 0.588. The van der Waals surface area contributed by atoms with Gasteiger partial charge in [-0.25, -0.2) is 4.39 Å². The number of hydrogen-bond acceptors (Lipinski definition) is 3. The fourth-order valence-corrected chi connectivity index (χ4v) is 2.95. The van der Waals surface area contributed by atoms with Gasteiger partial charge in [0.05, 0.1) is 18.7 Å². The van der Waals surface area contributed by atoms with E-state index in [1.54, 1.807) is 12.1 Å². The highest BCUT2D eigenvalue weighted by molar-refractivity contribution is 5.78. The maximum absolute atomic E-state index is 13.0. The number of carbonyl (C=O) groups excluding carboxylic acids is 1. The monoisotopic (exact) mass is 308 g/mol. The number of benzene rings is 1. The van der Waals surface area contributed by atoms with E-state index in [4.69, 9.17) is 0 Å². The van der Waals surface area contributed by atoms with Gasteiger partial charge in [-0.3, -0.25) is 9.69 Å². The normalized spacial score (nSPS) is 18.2. The molecule has 22 heavy (non-hydrogen) atoms. The first kappa shape index (κ1) is 16.9. The standard InChI is InChI=1S/C17H25FN2O2/c1-3-20(13(2)14-4-6-15(18)7-5-14)17(22)12-19-10-8-16(21)9-11-19/h4-7,13,16,21H,3,8-12H2,1-2H3. The molecule has 1 amide bonds.